The molecule has 1 saturated carbocycles. The van der Waals surface area contributed by atoms with Crippen LogP contribution in [0.3, 0.4) is 0 Å². The summed E-state index contributed by atoms with van der Waals surface area (Å²) in [6.07, 6.45) is 5.21. The Morgan fingerprint density at radius 1 is 1.05 bits per heavy atom. The zero-order valence-corrected chi connectivity index (χ0v) is 12.5. The fraction of sp³-hybridized carbons (Fsp3) is 0.400. The molecule has 0 spiro atoms. The Kier molecular flexibility index (Phi) is 4.07. The van der Waals surface area contributed by atoms with Crippen LogP contribution in [-0.4, -0.2) is 24.7 Å². The molecule has 1 fully saturated rings. The van der Waals surface area contributed by atoms with Crippen LogP contribution in [0.5, 0.6) is 0 Å². The van der Waals surface area contributed by atoms with Crippen molar-refractivity contribution in [1.82, 2.24) is 14.9 Å². The van der Waals surface area contributed by atoms with Gasteiger partial charge >= 0.3 is 0 Å². The van der Waals surface area contributed by atoms with Crippen LogP contribution in [0.1, 0.15) is 37.2 Å². The molecule has 0 unspecified atom stereocenters. The number of H-pyrrole nitrogens is 1. The van der Waals surface area contributed by atoms with Crippen molar-refractivity contribution in [2.24, 2.45) is 0 Å². The van der Waals surface area contributed by atoms with Gasteiger partial charge in [0.05, 0.1) is 6.20 Å². The molecule has 112 valence electrons. The van der Waals surface area contributed by atoms with E-state index in [4.69, 9.17) is 0 Å². The van der Waals surface area contributed by atoms with E-state index in [-0.39, 0.29) is 11.1 Å². The predicted molar refractivity (Wildman–Crippen MR) is 80.3 cm³/mol. The van der Waals surface area contributed by atoms with Crippen LogP contribution in [0.15, 0.2) is 47.6 Å². The lowest BCUT2D eigenvalue weighted by molar-refractivity contribution is 0.373. The van der Waals surface area contributed by atoms with Crippen molar-refractivity contribution in [3.8, 4) is 0 Å². The number of sulfonamides is 1. The third-order valence-electron chi connectivity index (χ3n) is 4.08. The molecule has 5 nitrogen and oxygen atoms in total. The summed E-state index contributed by atoms with van der Waals surface area (Å²) in [4.78, 5) is 0. The zero-order chi connectivity index (χ0) is 14.7. The molecule has 0 bridgehead atoms. The maximum Gasteiger partial charge on any atom is 0.257 e. The Balaban J connectivity index is 1.59. The summed E-state index contributed by atoms with van der Waals surface area (Å²) in [6, 6.07) is 11.9. The molecule has 0 amide bonds. The quantitative estimate of drug-likeness (QED) is 0.911. The summed E-state index contributed by atoms with van der Waals surface area (Å²) in [6.45, 7) is 0. The van der Waals surface area contributed by atoms with Gasteiger partial charge < -0.3 is 0 Å². The van der Waals surface area contributed by atoms with Crippen molar-refractivity contribution < 1.29 is 8.42 Å². The molecule has 0 atom stereocenters. The van der Waals surface area contributed by atoms with Crippen LogP contribution in [0, 0.1) is 0 Å². The Morgan fingerprint density at radius 2 is 1.76 bits per heavy atom. The molecular weight excluding hydrogens is 286 g/mol. The highest BCUT2D eigenvalue weighted by atomic mass is 32.2. The number of aromatic amines is 1. The first kappa shape index (κ1) is 14.3. The van der Waals surface area contributed by atoms with Crippen LogP contribution >= 0.6 is 0 Å². The van der Waals surface area contributed by atoms with Gasteiger partial charge in [0, 0.05) is 6.04 Å². The lowest BCUT2D eigenvalue weighted by Gasteiger charge is -2.29. The summed E-state index contributed by atoms with van der Waals surface area (Å²) in [5.41, 5.74) is 1.35. The first-order valence-corrected chi connectivity index (χ1v) is 8.70. The molecule has 0 radical (unpaired) electrons. The third-order valence-corrected chi connectivity index (χ3v) is 5.53. The van der Waals surface area contributed by atoms with Gasteiger partial charge in [-0.2, -0.15) is 5.10 Å². The Hall–Kier alpha value is -1.66. The highest BCUT2D eigenvalue weighted by molar-refractivity contribution is 7.89. The molecule has 3 rings (SSSR count). The first-order chi connectivity index (χ1) is 10.1. The average molecular weight is 305 g/mol. The fourth-order valence-electron chi connectivity index (χ4n) is 2.95. The molecule has 1 heterocycles. The van der Waals surface area contributed by atoms with E-state index in [1.807, 2.05) is 6.07 Å². The molecule has 0 aliphatic heterocycles. The second-order valence-electron chi connectivity index (χ2n) is 5.50. The number of hydrogen-bond acceptors (Lipinski definition) is 3. The molecule has 2 N–H and O–H groups in total. The summed E-state index contributed by atoms with van der Waals surface area (Å²) < 4.78 is 27.0. The van der Waals surface area contributed by atoms with E-state index in [1.54, 1.807) is 0 Å². The summed E-state index contributed by atoms with van der Waals surface area (Å²) in [5, 5.41) is 6.32. The number of aromatic nitrogens is 2. The number of nitrogens with zero attached hydrogens (tertiary/aromatic N) is 1. The third kappa shape index (κ3) is 3.33. The van der Waals surface area contributed by atoms with E-state index < -0.39 is 10.0 Å². The number of benzene rings is 1. The standard InChI is InChI=1S/C15H19N3O2S/c19-21(20,15-10-11-16-17-15)18-14-8-6-13(7-9-14)12-4-2-1-3-5-12/h1-5,10-11,13-14,18H,6-9H2,(H,16,17). The van der Waals surface area contributed by atoms with Gasteiger partial charge in [0.1, 0.15) is 0 Å². The van der Waals surface area contributed by atoms with E-state index >= 15 is 0 Å². The fourth-order valence-corrected chi connectivity index (χ4v) is 4.16. The Bertz CT molecular complexity index is 660. The zero-order valence-electron chi connectivity index (χ0n) is 11.7. The van der Waals surface area contributed by atoms with Crippen LogP contribution in [-0.2, 0) is 10.0 Å². The summed E-state index contributed by atoms with van der Waals surface area (Å²) in [5.74, 6) is 0.541. The Morgan fingerprint density at radius 3 is 2.38 bits per heavy atom. The van der Waals surface area contributed by atoms with Crippen molar-refractivity contribution in [3.63, 3.8) is 0 Å². The average Bonchev–Trinajstić information content (AvgIpc) is 3.04. The largest absolute Gasteiger partial charge is 0.266 e. The number of hydrogen-bond donors (Lipinski definition) is 2. The van der Waals surface area contributed by atoms with E-state index in [1.165, 1.54) is 17.8 Å². The van der Waals surface area contributed by atoms with Gasteiger partial charge in [-0.3, -0.25) is 5.10 Å². The molecule has 0 saturated heterocycles. The SMILES string of the molecule is O=S(=O)(NC1CCC(c2ccccc2)CC1)c1ccn[nH]1. The predicted octanol–water partition coefficient (Wildman–Crippen LogP) is 2.41. The van der Waals surface area contributed by atoms with Gasteiger partial charge in [-0.25, -0.2) is 13.1 Å². The van der Waals surface area contributed by atoms with E-state index in [9.17, 15) is 8.42 Å². The second-order valence-corrected chi connectivity index (χ2v) is 7.18. The summed E-state index contributed by atoms with van der Waals surface area (Å²) in [7, 11) is -3.47. The molecule has 6 heteroatoms. The van der Waals surface area contributed by atoms with Crippen LogP contribution in [0.2, 0.25) is 0 Å². The van der Waals surface area contributed by atoms with Crippen LogP contribution in [0.4, 0.5) is 0 Å². The highest BCUT2D eigenvalue weighted by Crippen LogP contribution is 2.33. The number of rotatable bonds is 4. The van der Waals surface area contributed by atoms with Gasteiger partial charge in [-0.15, -0.1) is 0 Å². The van der Waals surface area contributed by atoms with Gasteiger partial charge in [0.2, 0.25) is 0 Å². The number of nitrogens with one attached hydrogen (secondary N) is 2. The molecule has 1 aliphatic carbocycles. The second kappa shape index (κ2) is 5.99. The van der Waals surface area contributed by atoms with Crippen molar-refractivity contribution >= 4 is 10.0 Å². The molecule has 2 aromatic rings. The minimum atomic E-state index is -3.47. The van der Waals surface area contributed by atoms with Gasteiger partial charge in [0.25, 0.3) is 10.0 Å². The maximum absolute atomic E-state index is 12.1. The van der Waals surface area contributed by atoms with Gasteiger partial charge in [-0.05, 0) is 43.2 Å². The molecule has 1 aliphatic rings. The van der Waals surface area contributed by atoms with Crippen molar-refractivity contribution in [1.29, 1.82) is 0 Å². The maximum atomic E-state index is 12.1. The van der Waals surface area contributed by atoms with E-state index in [0.717, 1.165) is 25.7 Å². The van der Waals surface area contributed by atoms with E-state index in [0.29, 0.717) is 5.92 Å². The van der Waals surface area contributed by atoms with Crippen molar-refractivity contribution in [2.45, 2.75) is 42.7 Å². The lowest BCUT2D eigenvalue weighted by Crippen LogP contribution is -2.37. The summed E-state index contributed by atoms with van der Waals surface area (Å²) >= 11 is 0. The minimum Gasteiger partial charge on any atom is -0.266 e. The monoisotopic (exact) mass is 305 g/mol. The highest BCUT2D eigenvalue weighted by Gasteiger charge is 2.26. The van der Waals surface area contributed by atoms with Crippen molar-refractivity contribution in [3.05, 3.63) is 48.2 Å². The smallest absolute Gasteiger partial charge is 0.257 e. The topological polar surface area (TPSA) is 74.8 Å². The van der Waals surface area contributed by atoms with E-state index in [2.05, 4.69) is 39.2 Å². The minimum absolute atomic E-state index is 0.0123. The van der Waals surface area contributed by atoms with Crippen LogP contribution < -0.4 is 4.72 Å². The first-order valence-electron chi connectivity index (χ1n) is 7.22. The van der Waals surface area contributed by atoms with Gasteiger partial charge in [0.15, 0.2) is 5.03 Å². The Labute approximate surface area is 124 Å². The molecule has 21 heavy (non-hydrogen) atoms. The normalized spacial score (nSPS) is 23.0. The molecule has 1 aromatic heterocycles. The molecular formula is C15H19N3O2S. The van der Waals surface area contributed by atoms with Gasteiger partial charge in [-0.1, -0.05) is 30.3 Å². The lowest BCUT2D eigenvalue weighted by atomic mass is 9.82. The molecule has 1 aromatic carbocycles. The van der Waals surface area contributed by atoms with Crippen LogP contribution in [0.25, 0.3) is 0 Å². The van der Waals surface area contributed by atoms with Crippen molar-refractivity contribution in [2.75, 3.05) is 0 Å².